The molecule has 0 aliphatic carbocycles. The van der Waals surface area contributed by atoms with E-state index >= 15 is 0 Å². The van der Waals surface area contributed by atoms with Crippen LogP contribution in [0.25, 0.3) is 0 Å². The molecule has 0 aromatic heterocycles. The number of nitrogens with zero attached hydrogens (tertiary/aromatic N) is 1. The van der Waals surface area contributed by atoms with Crippen LogP contribution in [0, 0.1) is 10.1 Å². The van der Waals surface area contributed by atoms with Gasteiger partial charge in [-0.15, -0.1) is 0 Å². The van der Waals surface area contributed by atoms with E-state index in [2.05, 4.69) is 0 Å². The molecular weight excluding hydrogens is 290 g/mol. The summed E-state index contributed by atoms with van der Waals surface area (Å²) in [5.41, 5.74) is -0.0744. The van der Waals surface area contributed by atoms with E-state index in [-0.39, 0.29) is 30.2 Å². The Bertz CT molecular complexity index is 511. The van der Waals surface area contributed by atoms with E-state index < -0.39 is 10.9 Å². The van der Waals surface area contributed by atoms with Crippen LogP contribution in [0.15, 0.2) is 24.3 Å². The van der Waals surface area contributed by atoms with Crippen LogP contribution in [0.1, 0.15) is 39.0 Å². The Hall–Kier alpha value is -2.44. The molecule has 7 nitrogen and oxygen atoms in total. The number of carbonyl (C=O) groups is 2. The van der Waals surface area contributed by atoms with Gasteiger partial charge in [0.1, 0.15) is 5.75 Å². The molecule has 0 bridgehead atoms. The Morgan fingerprint density at radius 3 is 2.32 bits per heavy atom. The van der Waals surface area contributed by atoms with Crippen LogP contribution in [-0.2, 0) is 14.3 Å². The molecule has 1 aromatic carbocycles. The van der Waals surface area contributed by atoms with Gasteiger partial charge in [-0.05, 0) is 25.0 Å². The second-order valence-electron chi connectivity index (χ2n) is 4.65. The minimum atomic E-state index is -0.532. The van der Waals surface area contributed by atoms with Crippen molar-refractivity contribution < 1.29 is 24.0 Å². The van der Waals surface area contributed by atoms with Gasteiger partial charge in [-0.3, -0.25) is 19.7 Å². The zero-order chi connectivity index (χ0) is 16.4. The number of carbonyl (C=O) groups excluding carboxylic acids is 2. The van der Waals surface area contributed by atoms with Crippen molar-refractivity contribution in [2.24, 2.45) is 0 Å². The van der Waals surface area contributed by atoms with Gasteiger partial charge in [0.2, 0.25) is 0 Å². The molecule has 0 amide bonds. The summed E-state index contributed by atoms with van der Waals surface area (Å²) < 4.78 is 9.98. The Balaban J connectivity index is 2.25. The van der Waals surface area contributed by atoms with Gasteiger partial charge < -0.3 is 9.47 Å². The third-order valence-corrected chi connectivity index (χ3v) is 2.80. The van der Waals surface area contributed by atoms with Crippen LogP contribution in [0.2, 0.25) is 0 Å². The van der Waals surface area contributed by atoms with Gasteiger partial charge in [-0.2, -0.15) is 0 Å². The average Bonchev–Trinajstić information content (AvgIpc) is 2.48. The van der Waals surface area contributed by atoms with Gasteiger partial charge in [0, 0.05) is 25.0 Å². The molecule has 0 heterocycles. The number of non-ortho nitro benzene ring substituents is 1. The molecule has 0 saturated heterocycles. The molecule has 0 aliphatic rings. The lowest BCUT2D eigenvalue weighted by atomic mass is 10.2. The highest BCUT2D eigenvalue weighted by Gasteiger charge is 2.10. The summed E-state index contributed by atoms with van der Waals surface area (Å²) in [6, 6.07) is 5.23. The summed E-state index contributed by atoms with van der Waals surface area (Å²) in [6.45, 7) is 2.41. The number of benzene rings is 1. The summed E-state index contributed by atoms with van der Waals surface area (Å²) in [5.74, 6) is -0.576. The quantitative estimate of drug-likeness (QED) is 0.229. The predicted octanol–water partition coefficient (Wildman–Crippen LogP) is 3.01. The molecule has 0 saturated carbocycles. The fourth-order valence-electron chi connectivity index (χ4n) is 1.60. The van der Waals surface area contributed by atoms with E-state index in [4.69, 9.17) is 9.47 Å². The first-order chi connectivity index (χ1) is 10.5. The second-order valence-corrected chi connectivity index (χ2v) is 4.65. The number of ether oxygens (including phenoxy) is 2. The first-order valence-corrected chi connectivity index (χ1v) is 7.13. The maximum Gasteiger partial charge on any atom is 0.311 e. The average molecular weight is 309 g/mol. The van der Waals surface area contributed by atoms with Crippen LogP contribution in [0.4, 0.5) is 5.69 Å². The smallest absolute Gasteiger partial charge is 0.311 e. The van der Waals surface area contributed by atoms with Crippen molar-refractivity contribution in [3.05, 3.63) is 34.4 Å². The number of esters is 2. The van der Waals surface area contributed by atoms with Crippen LogP contribution in [-0.4, -0.2) is 23.5 Å². The third-order valence-electron chi connectivity index (χ3n) is 2.80. The molecule has 0 unspecified atom stereocenters. The van der Waals surface area contributed by atoms with E-state index in [1.165, 1.54) is 24.3 Å². The van der Waals surface area contributed by atoms with Crippen molar-refractivity contribution in [3.8, 4) is 5.75 Å². The van der Waals surface area contributed by atoms with Gasteiger partial charge in [0.25, 0.3) is 5.69 Å². The van der Waals surface area contributed by atoms with Crippen molar-refractivity contribution in [1.29, 1.82) is 0 Å². The van der Waals surface area contributed by atoms with Crippen molar-refractivity contribution in [2.45, 2.75) is 39.0 Å². The lowest BCUT2D eigenvalue weighted by Gasteiger charge is -2.05. The van der Waals surface area contributed by atoms with E-state index in [0.717, 1.165) is 12.8 Å². The van der Waals surface area contributed by atoms with Crippen molar-refractivity contribution in [1.82, 2.24) is 0 Å². The zero-order valence-electron chi connectivity index (χ0n) is 12.4. The number of hydrogen-bond donors (Lipinski definition) is 0. The second kappa shape index (κ2) is 9.49. The molecule has 0 N–H and O–H groups in total. The Kier molecular flexibility index (Phi) is 7.60. The maximum atomic E-state index is 11.6. The fourth-order valence-corrected chi connectivity index (χ4v) is 1.60. The molecule has 1 aromatic rings. The molecule has 0 atom stereocenters. The maximum absolute atomic E-state index is 11.6. The highest BCUT2D eigenvalue weighted by molar-refractivity contribution is 5.74. The summed E-state index contributed by atoms with van der Waals surface area (Å²) >= 11 is 0. The molecular formula is C15H19NO6. The topological polar surface area (TPSA) is 95.7 Å². The lowest BCUT2D eigenvalue weighted by Crippen LogP contribution is -2.10. The first kappa shape index (κ1) is 17.6. The third kappa shape index (κ3) is 6.83. The highest BCUT2D eigenvalue weighted by Crippen LogP contribution is 2.18. The molecule has 120 valence electrons. The predicted molar refractivity (Wildman–Crippen MR) is 78.4 cm³/mol. The minimum absolute atomic E-state index is 0.0744. The summed E-state index contributed by atoms with van der Waals surface area (Å²) in [6.07, 6.45) is 2.37. The number of unbranched alkanes of at least 4 members (excludes halogenated alkanes) is 1. The van der Waals surface area contributed by atoms with Gasteiger partial charge in [0.15, 0.2) is 0 Å². The molecule has 0 spiro atoms. The fraction of sp³-hybridized carbons (Fsp3) is 0.467. The monoisotopic (exact) mass is 309 g/mol. The van der Waals surface area contributed by atoms with Gasteiger partial charge >= 0.3 is 11.9 Å². The van der Waals surface area contributed by atoms with Crippen LogP contribution >= 0.6 is 0 Å². The molecule has 1 rings (SSSR count). The molecule has 0 radical (unpaired) electrons. The van der Waals surface area contributed by atoms with E-state index in [1.54, 1.807) is 0 Å². The Morgan fingerprint density at radius 1 is 1.09 bits per heavy atom. The van der Waals surface area contributed by atoms with Gasteiger partial charge in [-0.25, -0.2) is 0 Å². The van der Waals surface area contributed by atoms with E-state index in [0.29, 0.717) is 13.0 Å². The van der Waals surface area contributed by atoms with Crippen LogP contribution < -0.4 is 4.74 Å². The number of nitro benzene ring substituents is 1. The summed E-state index contributed by atoms with van der Waals surface area (Å²) in [7, 11) is 0. The van der Waals surface area contributed by atoms with Crippen LogP contribution in [0.5, 0.6) is 5.75 Å². The summed E-state index contributed by atoms with van der Waals surface area (Å²) in [4.78, 5) is 32.8. The Labute approximate surface area is 128 Å². The largest absolute Gasteiger partial charge is 0.466 e. The number of nitro groups is 1. The van der Waals surface area contributed by atoms with Crippen molar-refractivity contribution >= 4 is 17.6 Å². The SMILES string of the molecule is CCCCOC(=O)CCCC(=O)Oc1ccc([N+](=O)[O-])cc1. The number of hydrogen-bond acceptors (Lipinski definition) is 6. The van der Waals surface area contributed by atoms with Crippen molar-refractivity contribution in [3.63, 3.8) is 0 Å². The zero-order valence-corrected chi connectivity index (χ0v) is 12.4. The lowest BCUT2D eigenvalue weighted by molar-refractivity contribution is -0.384. The van der Waals surface area contributed by atoms with Gasteiger partial charge in [-0.1, -0.05) is 13.3 Å². The molecule has 0 fully saturated rings. The minimum Gasteiger partial charge on any atom is -0.466 e. The standard InChI is InChI=1S/C15H19NO6/c1-2-3-11-21-14(17)5-4-6-15(18)22-13-9-7-12(8-10-13)16(19)20/h7-10H,2-6,11H2,1H3. The molecule has 22 heavy (non-hydrogen) atoms. The highest BCUT2D eigenvalue weighted by atomic mass is 16.6. The molecule has 7 heteroatoms. The van der Waals surface area contributed by atoms with Crippen LogP contribution in [0.3, 0.4) is 0 Å². The molecule has 0 aliphatic heterocycles. The number of rotatable bonds is 9. The summed E-state index contributed by atoms with van der Waals surface area (Å²) in [5, 5.41) is 10.5. The first-order valence-electron chi connectivity index (χ1n) is 7.13. The van der Waals surface area contributed by atoms with Gasteiger partial charge in [0.05, 0.1) is 11.5 Å². The van der Waals surface area contributed by atoms with E-state index in [1.807, 2.05) is 6.92 Å². The normalized spacial score (nSPS) is 10.0. The van der Waals surface area contributed by atoms with Crippen molar-refractivity contribution in [2.75, 3.05) is 6.61 Å². The van der Waals surface area contributed by atoms with E-state index in [9.17, 15) is 19.7 Å². The Morgan fingerprint density at radius 2 is 1.73 bits per heavy atom.